The molecule has 3 fully saturated rings. The van der Waals surface area contributed by atoms with E-state index in [9.17, 15) is 4.79 Å². The third-order valence-electron chi connectivity index (χ3n) is 6.08. The van der Waals surface area contributed by atoms with E-state index in [1.807, 2.05) is 0 Å². The molecule has 0 bridgehead atoms. The van der Waals surface area contributed by atoms with Gasteiger partial charge in [-0.1, -0.05) is 6.42 Å². The van der Waals surface area contributed by atoms with E-state index in [4.69, 9.17) is 10.5 Å². The molecule has 3 atom stereocenters. The van der Waals surface area contributed by atoms with E-state index < -0.39 is 5.41 Å². The molecule has 2 saturated heterocycles. The van der Waals surface area contributed by atoms with Gasteiger partial charge in [-0.25, -0.2) is 0 Å². The quantitative estimate of drug-likeness (QED) is 0.802. The molecule has 0 aromatic rings. The fourth-order valence-electron chi connectivity index (χ4n) is 4.56. The van der Waals surface area contributed by atoms with Crippen LogP contribution in [-0.2, 0) is 9.53 Å². The summed E-state index contributed by atoms with van der Waals surface area (Å²) in [7, 11) is 2.25. The van der Waals surface area contributed by atoms with Gasteiger partial charge in [-0.3, -0.25) is 4.79 Å². The smallest absolute Gasteiger partial charge is 0.225 e. The van der Waals surface area contributed by atoms with E-state index >= 15 is 0 Å². The molecule has 2 heterocycles. The Kier molecular flexibility index (Phi) is 4.52. The molecule has 21 heavy (non-hydrogen) atoms. The van der Waals surface area contributed by atoms with Crippen LogP contribution in [0.1, 0.15) is 38.5 Å². The van der Waals surface area contributed by atoms with Crippen LogP contribution in [-0.4, -0.2) is 56.2 Å². The Bertz CT molecular complexity index is 382. The van der Waals surface area contributed by atoms with Crippen molar-refractivity contribution in [2.24, 2.45) is 17.1 Å². The lowest BCUT2D eigenvalue weighted by Crippen LogP contribution is -2.56. The maximum absolute atomic E-state index is 11.9. The number of fused-ring (bicyclic) bond motifs is 1. The van der Waals surface area contributed by atoms with Crippen LogP contribution in [0.3, 0.4) is 0 Å². The molecule has 1 amide bonds. The minimum atomic E-state index is -0.393. The van der Waals surface area contributed by atoms with Gasteiger partial charge in [-0.2, -0.15) is 0 Å². The Morgan fingerprint density at radius 1 is 1.33 bits per heavy atom. The number of primary amides is 1. The highest BCUT2D eigenvalue weighted by Crippen LogP contribution is 2.37. The van der Waals surface area contributed by atoms with E-state index in [1.54, 1.807) is 0 Å². The monoisotopic (exact) mass is 295 g/mol. The number of hydrogen-bond acceptors (Lipinski definition) is 4. The summed E-state index contributed by atoms with van der Waals surface area (Å²) >= 11 is 0. The normalized spacial score (nSPS) is 36.3. The predicted octanol–water partition coefficient (Wildman–Crippen LogP) is 0.731. The first kappa shape index (κ1) is 15.3. The summed E-state index contributed by atoms with van der Waals surface area (Å²) in [6, 6.07) is 1.28. The number of ether oxygens (including phenoxy) is 1. The van der Waals surface area contributed by atoms with Gasteiger partial charge in [0.2, 0.25) is 5.91 Å². The van der Waals surface area contributed by atoms with Gasteiger partial charge in [0.15, 0.2) is 0 Å². The Balaban J connectivity index is 1.62. The number of carbonyl (C=O) groups excluding carboxylic acids is 1. The van der Waals surface area contributed by atoms with Crippen LogP contribution in [0.15, 0.2) is 0 Å². The van der Waals surface area contributed by atoms with Gasteiger partial charge in [-0.15, -0.1) is 0 Å². The summed E-state index contributed by atoms with van der Waals surface area (Å²) < 4.78 is 5.41. The number of rotatable bonds is 4. The lowest BCUT2D eigenvalue weighted by Gasteiger charge is -2.43. The highest BCUT2D eigenvalue weighted by Gasteiger charge is 2.42. The number of hydrogen-bond donors (Lipinski definition) is 2. The minimum Gasteiger partial charge on any atom is -0.381 e. The van der Waals surface area contributed by atoms with Crippen molar-refractivity contribution in [2.45, 2.75) is 50.6 Å². The molecule has 3 rings (SSSR count). The number of nitrogens with zero attached hydrogens (tertiary/aromatic N) is 1. The topological polar surface area (TPSA) is 67.6 Å². The summed E-state index contributed by atoms with van der Waals surface area (Å²) in [5, 5.41) is 3.72. The molecule has 3 aliphatic rings. The standard InChI is InChI=1S/C16H29N3O2/c1-19-8-5-13(12-3-2-4-14(12)19)18-11-16(15(17)20)6-9-21-10-7-16/h12-14,18H,2-11H2,1H3,(H2,17,20). The van der Waals surface area contributed by atoms with Gasteiger partial charge in [0.25, 0.3) is 0 Å². The second kappa shape index (κ2) is 6.23. The predicted molar refractivity (Wildman–Crippen MR) is 81.8 cm³/mol. The Hall–Kier alpha value is -0.650. The lowest BCUT2D eigenvalue weighted by molar-refractivity contribution is -0.133. The third-order valence-corrected chi connectivity index (χ3v) is 6.08. The summed E-state index contributed by atoms with van der Waals surface area (Å²) in [6.45, 7) is 3.20. The summed E-state index contributed by atoms with van der Waals surface area (Å²) in [6.07, 6.45) is 6.69. The first-order chi connectivity index (χ1) is 10.1. The molecule has 0 aromatic heterocycles. The maximum Gasteiger partial charge on any atom is 0.225 e. The van der Waals surface area contributed by atoms with Crippen molar-refractivity contribution in [2.75, 3.05) is 33.4 Å². The third kappa shape index (κ3) is 2.96. The Morgan fingerprint density at radius 2 is 2.10 bits per heavy atom. The Labute approximate surface area is 127 Å². The molecule has 3 unspecified atom stereocenters. The molecular formula is C16H29N3O2. The van der Waals surface area contributed by atoms with Crippen LogP contribution in [0.2, 0.25) is 0 Å². The van der Waals surface area contributed by atoms with Gasteiger partial charge in [0.1, 0.15) is 0 Å². The van der Waals surface area contributed by atoms with Crippen LogP contribution in [0, 0.1) is 11.3 Å². The minimum absolute atomic E-state index is 0.158. The largest absolute Gasteiger partial charge is 0.381 e. The average Bonchev–Trinajstić information content (AvgIpc) is 2.98. The van der Waals surface area contributed by atoms with Crippen LogP contribution < -0.4 is 11.1 Å². The lowest BCUT2D eigenvalue weighted by atomic mass is 9.78. The highest BCUT2D eigenvalue weighted by molar-refractivity contribution is 5.81. The Morgan fingerprint density at radius 3 is 2.81 bits per heavy atom. The van der Waals surface area contributed by atoms with Crippen molar-refractivity contribution in [3.63, 3.8) is 0 Å². The van der Waals surface area contributed by atoms with Crippen LogP contribution >= 0.6 is 0 Å². The summed E-state index contributed by atoms with van der Waals surface area (Å²) in [5.41, 5.74) is 5.31. The van der Waals surface area contributed by atoms with Crippen molar-refractivity contribution >= 4 is 5.91 Å². The molecule has 0 spiro atoms. The van der Waals surface area contributed by atoms with E-state index in [2.05, 4.69) is 17.3 Å². The molecule has 3 N–H and O–H groups in total. The SMILES string of the molecule is CN1CCC(NCC2(C(N)=O)CCOCC2)C2CCCC21. The number of nitrogens with one attached hydrogen (secondary N) is 1. The van der Waals surface area contributed by atoms with Crippen molar-refractivity contribution in [1.29, 1.82) is 0 Å². The number of carbonyl (C=O) groups is 1. The zero-order valence-electron chi connectivity index (χ0n) is 13.1. The van der Waals surface area contributed by atoms with Gasteiger partial charge in [0.05, 0.1) is 5.41 Å². The molecule has 5 heteroatoms. The van der Waals surface area contributed by atoms with E-state index in [0.29, 0.717) is 19.3 Å². The highest BCUT2D eigenvalue weighted by atomic mass is 16.5. The number of likely N-dealkylation sites (tertiary alicyclic amines) is 1. The van der Waals surface area contributed by atoms with Crippen LogP contribution in [0.25, 0.3) is 0 Å². The van der Waals surface area contributed by atoms with Crippen molar-refractivity contribution in [1.82, 2.24) is 10.2 Å². The first-order valence-electron chi connectivity index (χ1n) is 8.44. The number of nitrogens with two attached hydrogens (primary N) is 1. The zero-order valence-corrected chi connectivity index (χ0v) is 13.1. The fraction of sp³-hybridized carbons (Fsp3) is 0.938. The molecule has 0 aromatic carbocycles. The molecule has 0 radical (unpaired) electrons. The van der Waals surface area contributed by atoms with Crippen LogP contribution in [0.4, 0.5) is 0 Å². The number of piperidine rings is 1. The van der Waals surface area contributed by atoms with E-state index in [1.165, 1.54) is 25.7 Å². The van der Waals surface area contributed by atoms with Gasteiger partial charge in [-0.05, 0) is 51.6 Å². The first-order valence-corrected chi connectivity index (χ1v) is 8.44. The van der Waals surface area contributed by atoms with Gasteiger partial charge in [0, 0.05) is 31.8 Å². The molecule has 5 nitrogen and oxygen atoms in total. The average molecular weight is 295 g/mol. The molecule has 1 aliphatic carbocycles. The molecule has 2 aliphatic heterocycles. The van der Waals surface area contributed by atoms with Crippen molar-refractivity contribution < 1.29 is 9.53 Å². The molecule has 120 valence electrons. The van der Waals surface area contributed by atoms with E-state index in [-0.39, 0.29) is 5.91 Å². The van der Waals surface area contributed by atoms with Gasteiger partial charge >= 0.3 is 0 Å². The zero-order chi connectivity index (χ0) is 14.9. The second-order valence-electron chi connectivity index (χ2n) is 7.18. The van der Waals surface area contributed by atoms with Crippen LogP contribution in [0.5, 0.6) is 0 Å². The van der Waals surface area contributed by atoms with Crippen molar-refractivity contribution in [3.05, 3.63) is 0 Å². The summed E-state index contributed by atoms with van der Waals surface area (Å²) in [5.74, 6) is 0.586. The second-order valence-corrected chi connectivity index (χ2v) is 7.18. The summed E-state index contributed by atoms with van der Waals surface area (Å²) in [4.78, 5) is 14.5. The van der Waals surface area contributed by atoms with Gasteiger partial charge < -0.3 is 20.7 Å². The maximum atomic E-state index is 11.9. The molecule has 1 saturated carbocycles. The molecular weight excluding hydrogens is 266 g/mol. The van der Waals surface area contributed by atoms with Crippen molar-refractivity contribution in [3.8, 4) is 0 Å². The number of amides is 1. The van der Waals surface area contributed by atoms with E-state index in [0.717, 1.165) is 37.9 Å². The fourth-order valence-corrected chi connectivity index (χ4v) is 4.56.